The second-order valence-electron chi connectivity index (χ2n) is 6.62. The maximum absolute atomic E-state index is 12.2. The Balaban J connectivity index is 1.87. The van der Waals surface area contributed by atoms with E-state index in [4.69, 9.17) is 11.6 Å². The monoisotopic (exact) mass is 422 g/mol. The number of carbonyl (C=O) groups excluding carboxylic acids is 1. The summed E-state index contributed by atoms with van der Waals surface area (Å²) in [5.41, 5.74) is 1.36. The summed E-state index contributed by atoms with van der Waals surface area (Å²) in [4.78, 5) is 16.6. The Hall–Kier alpha value is -2.09. The first kappa shape index (κ1) is 22.2. The van der Waals surface area contributed by atoms with E-state index in [1.54, 1.807) is 19.1 Å². The number of hydrogen-bond donors (Lipinski definition) is 4. The summed E-state index contributed by atoms with van der Waals surface area (Å²) in [6.45, 7) is 6.88. The number of guanidine groups is 1. The molecule has 152 valence electrons. The molecule has 4 N–H and O–H groups in total. The highest BCUT2D eigenvalue weighted by Crippen LogP contribution is 2.24. The Kier molecular flexibility index (Phi) is 8.29. The number of thiophene rings is 1. The normalized spacial score (nSPS) is 13.7. The van der Waals surface area contributed by atoms with Gasteiger partial charge in [-0.25, -0.2) is 4.99 Å². The van der Waals surface area contributed by atoms with Gasteiger partial charge in [0.25, 0.3) is 0 Å². The Morgan fingerprint density at radius 3 is 2.79 bits per heavy atom. The van der Waals surface area contributed by atoms with Crippen LogP contribution in [0.4, 0.5) is 5.69 Å². The van der Waals surface area contributed by atoms with Crippen LogP contribution in [0, 0.1) is 6.92 Å². The van der Waals surface area contributed by atoms with Gasteiger partial charge in [-0.2, -0.15) is 11.3 Å². The van der Waals surface area contributed by atoms with Crippen LogP contribution in [0.2, 0.25) is 5.02 Å². The molecule has 0 fully saturated rings. The van der Waals surface area contributed by atoms with Crippen molar-refractivity contribution in [2.45, 2.75) is 32.8 Å². The second kappa shape index (κ2) is 10.5. The van der Waals surface area contributed by atoms with Crippen LogP contribution >= 0.6 is 22.9 Å². The van der Waals surface area contributed by atoms with Crippen LogP contribution in [0.25, 0.3) is 0 Å². The molecule has 0 saturated carbocycles. The summed E-state index contributed by atoms with van der Waals surface area (Å²) < 4.78 is 0. The molecule has 0 spiro atoms. The number of halogens is 1. The number of nitrogens with zero attached hydrogens (tertiary/aromatic N) is 1. The lowest BCUT2D eigenvalue weighted by molar-refractivity contribution is -0.116. The van der Waals surface area contributed by atoms with Gasteiger partial charge >= 0.3 is 0 Å². The number of nitrogens with one attached hydrogen (secondary N) is 3. The van der Waals surface area contributed by atoms with Crippen molar-refractivity contribution in [2.24, 2.45) is 4.99 Å². The maximum atomic E-state index is 12.2. The lowest BCUT2D eigenvalue weighted by Crippen LogP contribution is -2.40. The van der Waals surface area contributed by atoms with Crippen LogP contribution < -0.4 is 16.0 Å². The molecule has 6 nitrogen and oxygen atoms in total. The molecule has 28 heavy (non-hydrogen) atoms. The molecule has 0 radical (unpaired) electrons. The van der Waals surface area contributed by atoms with E-state index in [2.05, 4.69) is 20.9 Å². The molecule has 1 atom stereocenters. The van der Waals surface area contributed by atoms with E-state index in [0.29, 0.717) is 29.8 Å². The molecule has 1 amide bonds. The van der Waals surface area contributed by atoms with Crippen molar-refractivity contribution in [1.82, 2.24) is 10.6 Å². The van der Waals surface area contributed by atoms with Crippen molar-refractivity contribution in [3.8, 4) is 0 Å². The van der Waals surface area contributed by atoms with Crippen LogP contribution in [0.1, 0.15) is 31.4 Å². The van der Waals surface area contributed by atoms with E-state index < -0.39 is 5.60 Å². The van der Waals surface area contributed by atoms with Gasteiger partial charge in [-0.3, -0.25) is 4.79 Å². The van der Waals surface area contributed by atoms with Gasteiger partial charge in [0.2, 0.25) is 5.91 Å². The summed E-state index contributed by atoms with van der Waals surface area (Å²) in [6.07, 6.45) is 0.275. The minimum Gasteiger partial charge on any atom is -0.383 e. The highest BCUT2D eigenvalue weighted by molar-refractivity contribution is 7.08. The van der Waals surface area contributed by atoms with E-state index in [9.17, 15) is 9.90 Å². The van der Waals surface area contributed by atoms with Crippen LogP contribution in [-0.4, -0.2) is 36.6 Å². The van der Waals surface area contributed by atoms with Gasteiger partial charge in [0.05, 0.1) is 6.54 Å². The molecule has 1 aromatic heterocycles. The number of benzene rings is 1. The number of aliphatic imine (C=N–C) groups is 1. The van der Waals surface area contributed by atoms with E-state index in [1.807, 2.05) is 36.7 Å². The number of aliphatic hydroxyl groups is 1. The second-order valence-corrected chi connectivity index (χ2v) is 7.81. The number of rotatable bonds is 8. The van der Waals surface area contributed by atoms with Crippen LogP contribution in [0.5, 0.6) is 0 Å². The van der Waals surface area contributed by atoms with Crippen molar-refractivity contribution in [2.75, 3.05) is 25.0 Å². The summed E-state index contributed by atoms with van der Waals surface area (Å²) >= 11 is 7.62. The molecule has 2 rings (SSSR count). The maximum Gasteiger partial charge on any atom is 0.226 e. The number of amides is 1. The van der Waals surface area contributed by atoms with Crippen molar-refractivity contribution in [3.63, 3.8) is 0 Å². The fourth-order valence-electron chi connectivity index (χ4n) is 2.49. The van der Waals surface area contributed by atoms with Gasteiger partial charge in [0, 0.05) is 30.2 Å². The van der Waals surface area contributed by atoms with Crippen LogP contribution in [-0.2, 0) is 10.4 Å². The zero-order chi connectivity index (χ0) is 20.6. The van der Waals surface area contributed by atoms with E-state index in [0.717, 1.165) is 11.1 Å². The Morgan fingerprint density at radius 1 is 1.32 bits per heavy atom. The average molecular weight is 423 g/mol. The topological polar surface area (TPSA) is 85.8 Å². The third-order valence-electron chi connectivity index (χ3n) is 4.22. The molecule has 0 aliphatic heterocycles. The first-order valence-corrected chi connectivity index (χ1v) is 10.5. The summed E-state index contributed by atoms with van der Waals surface area (Å²) in [6, 6.07) is 7.31. The number of hydrogen-bond acceptors (Lipinski definition) is 4. The van der Waals surface area contributed by atoms with E-state index >= 15 is 0 Å². The Labute approximate surface area is 175 Å². The van der Waals surface area contributed by atoms with Crippen LogP contribution in [0.15, 0.2) is 40.0 Å². The average Bonchev–Trinajstić information content (AvgIpc) is 3.19. The number of carbonyl (C=O) groups is 1. The minimum absolute atomic E-state index is 0.112. The zero-order valence-corrected chi connectivity index (χ0v) is 18.0. The van der Waals surface area contributed by atoms with Gasteiger partial charge in [-0.15, -0.1) is 0 Å². The molecule has 2 aromatic rings. The predicted molar refractivity (Wildman–Crippen MR) is 117 cm³/mol. The third-order valence-corrected chi connectivity index (χ3v) is 5.31. The fourth-order valence-corrected chi connectivity index (χ4v) is 3.44. The van der Waals surface area contributed by atoms with Gasteiger partial charge in [0.1, 0.15) is 5.60 Å². The quantitative estimate of drug-likeness (QED) is 0.387. The molecule has 1 aromatic carbocycles. The predicted octanol–water partition coefficient (Wildman–Crippen LogP) is 3.50. The molecule has 0 bridgehead atoms. The zero-order valence-electron chi connectivity index (χ0n) is 16.4. The van der Waals surface area contributed by atoms with Gasteiger partial charge in [0.15, 0.2) is 5.96 Å². The summed E-state index contributed by atoms with van der Waals surface area (Å²) in [7, 11) is 0. The highest BCUT2D eigenvalue weighted by Gasteiger charge is 2.23. The third kappa shape index (κ3) is 6.51. The first-order chi connectivity index (χ1) is 13.3. The van der Waals surface area contributed by atoms with Gasteiger partial charge in [-0.05, 0) is 60.9 Å². The van der Waals surface area contributed by atoms with Crippen molar-refractivity contribution >= 4 is 40.5 Å². The lowest BCUT2D eigenvalue weighted by atomic mass is 10.00. The molecule has 0 aliphatic rings. The highest BCUT2D eigenvalue weighted by atomic mass is 35.5. The lowest BCUT2D eigenvalue weighted by Gasteiger charge is -2.21. The van der Waals surface area contributed by atoms with E-state index in [-0.39, 0.29) is 18.9 Å². The fraction of sp³-hybridized carbons (Fsp3) is 0.400. The Bertz CT molecular complexity index is 807. The van der Waals surface area contributed by atoms with Crippen molar-refractivity contribution < 1.29 is 9.90 Å². The molecule has 0 saturated heterocycles. The largest absolute Gasteiger partial charge is 0.383 e. The smallest absolute Gasteiger partial charge is 0.226 e. The minimum atomic E-state index is -1.04. The summed E-state index contributed by atoms with van der Waals surface area (Å²) in [5, 5.41) is 24.2. The molecule has 0 aliphatic carbocycles. The standard InChI is InChI=1S/C20H27ClN4O2S/c1-4-22-19(24-13-20(3,27)15-9-11-28-12-15)23-10-8-18(26)25-17-7-5-6-16(21)14(17)2/h5-7,9,11-12,27H,4,8,10,13H2,1-3H3,(H,25,26)(H2,22,23,24). The molecule has 1 heterocycles. The first-order valence-electron chi connectivity index (χ1n) is 9.15. The van der Waals surface area contributed by atoms with E-state index in [1.165, 1.54) is 11.3 Å². The van der Waals surface area contributed by atoms with Crippen molar-refractivity contribution in [1.29, 1.82) is 0 Å². The van der Waals surface area contributed by atoms with Crippen molar-refractivity contribution in [3.05, 3.63) is 51.2 Å². The Morgan fingerprint density at radius 2 is 2.11 bits per heavy atom. The molecule has 8 heteroatoms. The molecule has 1 unspecified atom stereocenters. The van der Waals surface area contributed by atoms with Crippen LogP contribution in [0.3, 0.4) is 0 Å². The number of anilines is 1. The van der Waals surface area contributed by atoms with Gasteiger partial charge < -0.3 is 21.1 Å². The van der Waals surface area contributed by atoms with Gasteiger partial charge in [-0.1, -0.05) is 17.7 Å². The summed E-state index contributed by atoms with van der Waals surface area (Å²) in [5.74, 6) is 0.448. The molecular formula is C20H27ClN4O2S. The SMILES string of the molecule is CCNC(=NCC(C)(O)c1ccsc1)NCCC(=O)Nc1cccc(Cl)c1C. The molecular weight excluding hydrogens is 396 g/mol.